The predicted octanol–water partition coefficient (Wildman–Crippen LogP) is 4.62. The van der Waals surface area contributed by atoms with Crippen molar-refractivity contribution in [1.29, 1.82) is 0 Å². The number of hydrogen-bond donors (Lipinski definition) is 1. The lowest BCUT2D eigenvalue weighted by molar-refractivity contribution is -0.118. The van der Waals surface area contributed by atoms with Crippen molar-refractivity contribution in [2.45, 2.75) is 40.0 Å². The minimum atomic E-state index is -0.158. The first-order chi connectivity index (χ1) is 10.8. The van der Waals surface area contributed by atoms with Crippen LogP contribution in [-0.4, -0.2) is 12.5 Å². The molecule has 23 heavy (non-hydrogen) atoms. The van der Waals surface area contributed by atoms with Gasteiger partial charge in [0, 0.05) is 5.69 Å². The lowest BCUT2D eigenvalue weighted by Gasteiger charge is -2.19. The number of benzene rings is 2. The molecule has 0 aromatic heterocycles. The van der Waals surface area contributed by atoms with E-state index in [4.69, 9.17) is 4.74 Å². The molecule has 0 aliphatic carbocycles. The van der Waals surface area contributed by atoms with Crippen LogP contribution in [-0.2, 0) is 10.2 Å². The van der Waals surface area contributed by atoms with Crippen molar-refractivity contribution >= 4 is 11.6 Å². The number of ether oxygens (including phenoxy) is 1. The number of aryl methyl sites for hydroxylation is 2. The normalized spacial score (nSPS) is 11.2. The van der Waals surface area contributed by atoms with Crippen LogP contribution in [0.4, 0.5) is 5.69 Å². The van der Waals surface area contributed by atoms with E-state index in [0.29, 0.717) is 5.75 Å². The summed E-state index contributed by atoms with van der Waals surface area (Å²) in [6.45, 7) is 10.5. The summed E-state index contributed by atoms with van der Waals surface area (Å²) in [6.07, 6.45) is 0. The third kappa shape index (κ3) is 4.85. The molecule has 0 saturated heterocycles. The number of carbonyl (C=O) groups excluding carboxylic acids is 1. The first-order valence-electron chi connectivity index (χ1n) is 7.86. The van der Waals surface area contributed by atoms with Crippen molar-refractivity contribution in [3.63, 3.8) is 0 Å². The van der Waals surface area contributed by atoms with Crippen LogP contribution in [0.5, 0.6) is 5.75 Å². The van der Waals surface area contributed by atoms with Gasteiger partial charge in [0.2, 0.25) is 0 Å². The fraction of sp³-hybridized carbons (Fsp3) is 0.350. The largest absolute Gasteiger partial charge is 0.484 e. The summed E-state index contributed by atoms with van der Waals surface area (Å²) in [5.41, 5.74) is 4.40. The lowest BCUT2D eigenvalue weighted by atomic mass is 9.87. The maximum atomic E-state index is 12.0. The third-order valence-electron chi connectivity index (χ3n) is 3.86. The van der Waals surface area contributed by atoms with E-state index >= 15 is 0 Å². The molecule has 0 saturated carbocycles. The molecule has 0 atom stereocenters. The number of nitrogens with one attached hydrogen (secondary N) is 1. The molecule has 0 fully saturated rings. The zero-order chi connectivity index (χ0) is 17.0. The molecular formula is C20H25NO2. The van der Waals surface area contributed by atoms with Gasteiger partial charge < -0.3 is 10.1 Å². The molecule has 122 valence electrons. The van der Waals surface area contributed by atoms with E-state index in [0.717, 1.165) is 11.3 Å². The van der Waals surface area contributed by atoms with Crippen molar-refractivity contribution < 1.29 is 9.53 Å². The maximum Gasteiger partial charge on any atom is 0.262 e. The first-order valence-corrected chi connectivity index (χ1v) is 7.86. The van der Waals surface area contributed by atoms with Gasteiger partial charge >= 0.3 is 0 Å². The first kappa shape index (κ1) is 17.1. The molecule has 0 heterocycles. The summed E-state index contributed by atoms with van der Waals surface area (Å²) >= 11 is 0. The Morgan fingerprint density at radius 2 is 1.78 bits per heavy atom. The monoisotopic (exact) mass is 311 g/mol. The molecular weight excluding hydrogens is 286 g/mol. The highest BCUT2D eigenvalue weighted by atomic mass is 16.5. The van der Waals surface area contributed by atoms with Gasteiger partial charge in [0.1, 0.15) is 5.75 Å². The zero-order valence-corrected chi connectivity index (χ0v) is 14.6. The molecule has 1 amide bonds. The average Bonchev–Trinajstić information content (AvgIpc) is 2.48. The van der Waals surface area contributed by atoms with Crippen LogP contribution in [0.2, 0.25) is 0 Å². The molecule has 0 aliphatic rings. The number of anilines is 1. The third-order valence-corrected chi connectivity index (χ3v) is 3.86. The number of amides is 1. The van der Waals surface area contributed by atoms with Crippen LogP contribution >= 0.6 is 0 Å². The second-order valence-electron chi connectivity index (χ2n) is 6.91. The standard InChI is InChI=1S/C20H25NO2/c1-14-9-10-17(11-15(14)2)21-19(22)13-23-18-8-6-7-16(12-18)20(3,4)5/h6-12H,13H2,1-5H3,(H,21,22). The Morgan fingerprint density at radius 1 is 1.04 bits per heavy atom. The second kappa shape index (κ2) is 6.86. The molecule has 0 unspecified atom stereocenters. The average molecular weight is 311 g/mol. The molecule has 0 aliphatic heterocycles. The molecule has 3 nitrogen and oxygen atoms in total. The van der Waals surface area contributed by atoms with Gasteiger partial charge in [-0.2, -0.15) is 0 Å². The topological polar surface area (TPSA) is 38.3 Å². The Balaban J connectivity index is 1.95. The van der Waals surface area contributed by atoms with Crippen LogP contribution < -0.4 is 10.1 Å². The number of rotatable bonds is 4. The van der Waals surface area contributed by atoms with Crippen LogP contribution in [0.3, 0.4) is 0 Å². The van der Waals surface area contributed by atoms with Crippen molar-refractivity contribution in [3.8, 4) is 5.75 Å². The molecule has 0 bridgehead atoms. The summed E-state index contributed by atoms with van der Waals surface area (Å²) in [6, 6.07) is 13.8. The smallest absolute Gasteiger partial charge is 0.262 e. The van der Waals surface area contributed by atoms with E-state index < -0.39 is 0 Å². The molecule has 0 radical (unpaired) electrons. The summed E-state index contributed by atoms with van der Waals surface area (Å²) in [5, 5.41) is 2.86. The molecule has 0 spiro atoms. The van der Waals surface area contributed by atoms with Crippen LogP contribution in [0.1, 0.15) is 37.5 Å². The fourth-order valence-electron chi connectivity index (χ4n) is 2.22. The molecule has 2 aromatic rings. The highest BCUT2D eigenvalue weighted by Gasteiger charge is 2.14. The lowest BCUT2D eigenvalue weighted by Crippen LogP contribution is -2.20. The van der Waals surface area contributed by atoms with E-state index in [1.54, 1.807) is 0 Å². The van der Waals surface area contributed by atoms with Gasteiger partial charge in [0.25, 0.3) is 5.91 Å². The fourth-order valence-corrected chi connectivity index (χ4v) is 2.22. The summed E-state index contributed by atoms with van der Waals surface area (Å²) in [7, 11) is 0. The summed E-state index contributed by atoms with van der Waals surface area (Å²) < 4.78 is 5.62. The Kier molecular flexibility index (Phi) is 5.09. The van der Waals surface area contributed by atoms with Crippen molar-refractivity contribution in [2.24, 2.45) is 0 Å². The quantitative estimate of drug-likeness (QED) is 0.895. The van der Waals surface area contributed by atoms with E-state index in [9.17, 15) is 4.79 Å². The van der Waals surface area contributed by atoms with Gasteiger partial charge in [-0.15, -0.1) is 0 Å². The molecule has 1 N–H and O–H groups in total. The van der Waals surface area contributed by atoms with Gasteiger partial charge in [0.05, 0.1) is 0 Å². The van der Waals surface area contributed by atoms with E-state index in [1.807, 2.05) is 50.2 Å². The molecule has 2 aromatic carbocycles. The Hall–Kier alpha value is -2.29. The molecule has 3 heteroatoms. The Morgan fingerprint density at radius 3 is 2.43 bits per heavy atom. The minimum Gasteiger partial charge on any atom is -0.484 e. The van der Waals surface area contributed by atoms with Crippen molar-refractivity contribution in [3.05, 3.63) is 59.2 Å². The zero-order valence-electron chi connectivity index (χ0n) is 14.6. The second-order valence-corrected chi connectivity index (χ2v) is 6.91. The highest BCUT2D eigenvalue weighted by Crippen LogP contribution is 2.25. The van der Waals surface area contributed by atoms with Gasteiger partial charge in [0.15, 0.2) is 6.61 Å². The highest BCUT2D eigenvalue weighted by molar-refractivity contribution is 5.92. The molecule has 2 rings (SSSR count). The van der Waals surface area contributed by atoms with Crippen LogP contribution in [0, 0.1) is 13.8 Å². The van der Waals surface area contributed by atoms with Crippen molar-refractivity contribution in [1.82, 2.24) is 0 Å². The minimum absolute atomic E-state index is 0.000516. The van der Waals surface area contributed by atoms with Crippen LogP contribution in [0.15, 0.2) is 42.5 Å². The van der Waals surface area contributed by atoms with Crippen LogP contribution in [0.25, 0.3) is 0 Å². The van der Waals surface area contributed by atoms with E-state index in [1.165, 1.54) is 11.1 Å². The van der Waals surface area contributed by atoms with Crippen molar-refractivity contribution in [2.75, 3.05) is 11.9 Å². The predicted molar refractivity (Wildman–Crippen MR) is 95.2 cm³/mol. The Bertz CT molecular complexity index is 699. The SMILES string of the molecule is Cc1ccc(NC(=O)COc2cccc(C(C)(C)C)c2)cc1C. The van der Waals surface area contributed by atoms with Gasteiger partial charge in [-0.3, -0.25) is 4.79 Å². The number of carbonyl (C=O) groups is 1. The summed E-state index contributed by atoms with van der Waals surface area (Å²) in [4.78, 5) is 12.0. The maximum absolute atomic E-state index is 12.0. The van der Waals surface area contributed by atoms with Gasteiger partial charge in [-0.1, -0.05) is 39.0 Å². The van der Waals surface area contributed by atoms with Gasteiger partial charge in [-0.25, -0.2) is 0 Å². The van der Waals surface area contributed by atoms with E-state index in [-0.39, 0.29) is 17.9 Å². The summed E-state index contributed by atoms with van der Waals surface area (Å²) in [5.74, 6) is 0.557. The van der Waals surface area contributed by atoms with E-state index in [2.05, 4.69) is 32.2 Å². The van der Waals surface area contributed by atoms with Gasteiger partial charge in [-0.05, 0) is 60.2 Å². The number of hydrogen-bond acceptors (Lipinski definition) is 2. The Labute approximate surface area is 138 Å².